The molecule has 1 aliphatic rings. The highest BCUT2D eigenvalue weighted by atomic mass is 35.5. The minimum Gasteiger partial charge on any atom is -0.311 e. The smallest absolute Gasteiger partial charge is 0.0406 e. The Labute approximate surface area is 122 Å². The Morgan fingerprint density at radius 3 is 2.16 bits per heavy atom. The van der Waals surface area contributed by atoms with Crippen molar-refractivity contribution in [3.05, 3.63) is 34.9 Å². The normalized spacial score (nSPS) is 19.4. The number of hydrogen-bond donors (Lipinski definition) is 1. The second kappa shape index (κ2) is 5.85. The van der Waals surface area contributed by atoms with Crippen LogP contribution < -0.4 is 5.32 Å². The number of hydrogen-bond acceptors (Lipinski definition) is 1. The Morgan fingerprint density at radius 2 is 1.63 bits per heavy atom. The van der Waals surface area contributed by atoms with Gasteiger partial charge in [0.25, 0.3) is 0 Å². The third-order valence-electron chi connectivity index (χ3n) is 4.22. The van der Waals surface area contributed by atoms with E-state index >= 15 is 0 Å². The van der Waals surface area contributed by atoms with Crippen molar-refractivity contribution in [3.63, 3.8) is 0 Å². The van der Waals surface area contributed by atoms with Crippen LogP contribution in [0.4, 0.5) is 0 Å². The predicted molar refractivity (Wildman–Crippen MR) is 84.0 cm³/mol. The zero-order valence-corrected chi connectivity index (χ0v) is 13.2. The third-order valence-corrected chi connectivity index (χ3v) is 4.48. The van der Waals surface area contributed by atoms with Crippen molar-refractivity contribution in [2.24, 2.45) is 0 Å². The highest BCUT2D eigenvalue weighted by Gasteiger charge is 2.34. The maximum Gasteiger partial charge on any atom is 0.0406 e. The van der Waals surface area contributed by atoms with Gasteiger partial charge >= 0.3 is 0 Å². The molecule has 1 saturated carbocycles. The van der Waals surface area contributed by atoms with E-state index in [1.54, 1.807) is 0 Å². The lowest BCUT2D eigenvalue weighted by atomic mass is 9.69. The van der Waals surface area contributed by atoms with Crippen molar-refractivity contribution in [2.75, 3.05) is 6.54 Å². The lowest BCUT2D eigenvalue weighted by molar-refractivity contribution is 0.254. The number of rotatable bonds is 3. The maximum absolute atomic E-state index is 6.03. The molecule has 0 spiro atoms. The summed E-state index contributed by atoms with van der Waals surface area (Å²) in [5.74, 6) is 0. The molecule has 1 fully saturated rings. The number of nitrogens with one attached hydrogen (secondary N) is 1. The summed E-state index contributed by atoms with van der Waals surface area (Å²) in [4.78, 5) is 0. The Bertz CT molecular complexity index is 396. The standard InChI is InChI=1S/C17H26ClN/c1-16(2,3)19-13-17(11-5-4-6-12-17)14-7-9-15(18)10-8-14/h7-10,19H,4-6,11-13H2,1-3H3. The van der Waals surface area contributed by atoms with E-state index in [0.717, 1.165) is 11.6 Å². The summed E-state index contributed by atoms with van der Waals surface area (Å²) in [6.45, 7) is 7.79. The molecule has 0 bridgehead atoms. The summed E-state index contributed by atoms with van der Waals surface area (Å²) >= 11 is 6.03. The van der Waals surface area contributed by atoms with Crippen LogP contribution in [0.3, 0.4) is 0 Å². The minimum atomic E-state index is 0.177. The fourth-order valence-corrected chi connectivity index (χ4v) is 3.16. The molecule has 19 heavy (non-hydrogen) atoms. The van der Waals surface area contributed by atoms with Gasteiger partial charge in [0.15, 0.2) is 0 Å². The van der Waals surface area contributed by atoms with Gasteiger partial charge in [0.2, 0.25) is 0 Å². The van der Waals surface area contributed by atoms with Crippen LogP contribution in [0.15, 0.2) is 24.3 Å². The minimum absolute atomic E-state index is 0.177. The number of halogens is 1. The molecule has 0 heterocycles. The first-order valence-electron chi connectivity index (χ1n) is 7.42. The van der Waals surface area contributed by atoms with Gasteiger partial charge in [0.05, 0.1) is 0 Å². The molecule has 0 amide bonds. The summed E-state index contributed by atoms with van der Waals surface area (Å²) in [6, 6.07) is 8.50. The van der Waals surface area contributed by atoms with Gasteiger partial charge in [-0.3, -0.25) is 0 Å². The van der Waals surface area contributed by atoms with E-state index in [0.29, 0.717) is 5.41 Å². The summed E-state index contributed by atoms with van der Waals surface area (Å²) < 4.78 is 0. The quantitative estimate of drug-likeness (QED) is 0.827. The third kappa shape index (κ3) is 3.97. The van der Waals surface area contributed by atoms with Crippen LogP contribution in [-0.2, 0) is 5.41 Å². The Morgan fingerprint density at radius 1 is 1.05 bits per heavy atom. The van der Waals surface area contributed by atoms with Gasteiger partial charge in [-0.25, -0.2) is 0 Å². The maximum atomic E-state index is 6.03. The largest absolute Gasteiger partial charge is 0.311 e. The van der Waals surface area contributed by atoms with Gasteiger partial charge in [-0.15, -0.1) is 0 Å². The molecule has 0 unspecified atom stereocenters. The van der Waals surface area contributed by atoms with E-state index in [2.05, 4.69) is 38.2 Å². The van der Waals surface area contributed by atoms with Crippen LogP contribution in [0.25, 0.3) is 0 Å². The summed E-state index contributed by atoms with van der Waals surface area (Å²) in [7, 11) is 0. The average molecular weight is 280 g/mol. The summed E-state index contributed by atoms with van der Waals surface area (Å²) in [6.07, 6.45) is 6.64. The van der Waals surface area contributed by atoms with Gasteiger partial charge in [0, 0.05) is 22.5 Å². The van der Waals surface area contributed by atoms with E-state index in [4.69, 9.17) is 11.6 Å². The Hall–Kier alpha value is -0.530. The van der Waals surface area contributed by atoms with Gasteiger partial charge in [0.1, 0.15) is 0 Å². The van der Waals surface area contributed by atoms with Crippen LogP contribution in [-0.4, -0.2) is 12.1 Å². The highest BCUT2D eigenvalue weighted by molar-refractivity contribution is 6.30. The first-order valence-corrected chi connectivity index (χ1v) is 7.80. The van der Waals surface area contributed by atoms with Gasteiger partial charge in [-0.05, 0) is 51.3 Å². The van der Waals surface area contributed by atoms with Crippen molar-refractivity contribution >= 4 is 11.6 Å². The molecular formula is C17H26ClN. The first kappa shape index (κ1) is 14.9. The number of benzene rings is 1. The molecular weight excluding hydrogens is 254 g/mol. The van der Waals surface area contributed by atoms with Gasteiger partial charge in [-0.1, -0.05) is 43.0 Å². The van der Waals surface area contributed by atoms with E-state index in [1.807, 2.05) is 12.1 Å². The van der Waals surface area contributed by atoms with E-state index in [1.165, 1.54) is 37.7 Å². The first-order chi connectivity index (χ1) is 8.91. The zero-order valence-electron chi connectivity index (χ0n) is 12.4. The van der Waals surface area contributed by atoms with Crippen molar-refractivity contribution in [3.8, 4) is 0 Å². The second-order valence-corrected chi connectivity index (χ2v) is 7.39. The second-order valence-electron chi connectivity index (χ2n) is 6.95. The molecule has 1 aromatic carbocycles. The highest BCUT2D eigenvalue weighted by Crippen LogP contribution is 2.39. The lowest BCUT2D eigenvalue weighted by Gasteiger charge is -2.40. The molecule has 0 saturated heterocycles. The zero-order chi connectivity index (χ0) is 13.9. The molecule has 0 aromatic heterocycles. The van der Waals surface area contributed by atoms with Crippen molar-refractivity contribution in [2.45, 2.75) is 63.8 Å². The van der Waals surface area contributed by atoms with Crippen LogP contribution in [0.2, 0.25) is 5.02 Å². The molecule has 1 nitrogen and oxygen atoms in total. The van der Waals surface area contributed by atoms with Crippen molar-refractivity contribution < 1.29 is 0 Å². The molecule has 2 heteroatoms. The lowest BCUT2D eigenvalue weighted by Crippen LogP contribution is -2.47. The van der Waals surface area contributed by atoms with Gasteiger partial charge in [-0.2, -0.15) is 0 Å². The Balaban J connectivity index is 2.21. The molecule has 0 radical (unpaired) electrons. The molecule has 1 aliphatic carbocycles. The fraction of sp³-hybridized carbons (Fsp3) is 0.647. The van der Waals surface area contributed by atoms with Gasteiger partial charge < -0.3 is 5.32 Å². The Kier molecular flexibility index (Phi) is 4.58. The molecule has 106 valence electrons. The summed E-state index contributed by atoms with van der Waals surface area (Å²) in [5.41, 5.74) is 1.93. The molecule has 0 aliphatic heterocycles. The van der Waals surface area contributed by atoms with Crippen molar-refractivity contribution in [1.29, 1.82) is 0 Å². The topological polar surface area (TPSA) is 12.0 Å². The van der Waals surface area contributed by atoms with Crippen LogP contribution >= 0.6 is 11.6 Å². The molecule has 1 aromatic rings. The molecule has 0 atom stereocenters. The van der Waals surface area contributed by atoms with E-state index in [9.17, 15) is 0 Å². The van der Waals surface area contributed by atoms with E-state index < -0.39 is 0 Å². The van der Waals surface area contributed by atoms with Crippen LogP contribution in [0, 0.1) is 0 Å². The SMILES string of the molecule is CC(C)(C)NCC1(c2ccc(Cl)cc2)CCCCC1. The fourth-order valence-electron chi connectivity index (χ4n) is 3.03. The van der Waals surface area contributed by atoms with Crippen molar-refractivity contribution in [1.82, 2.24) is 5.32 Å². The predicted octanol–water partition coefficient (Wildman–Crippen LogP) is 4.93. The molecule has 2 rings (SSSR count). The van der Waals surface area contributed by atoms with Crippen LogP contribution in [0.1, 0.15) is 58.4 Å². The van der Waals surface area contributed by atoms with E-state index in [-0.39, 0.29) is 5.54 Å². The summed E-state index contributed by atoms with van der Waals surface area (Å²) in [5, 5.41) is 4.54. The molecule has 1 N–H and O–H groups in total. The monoisotopic (exact) mass is 279 g/mol. The average Bonchev–Trinajstić information content (AvgIpc) is 2.37. The van der Waals surface area contributed by atoms with Crippen LogP contribution in [0.5, 0.6) is 0 Å².